The van der Waals surface area contributed by atoms with Crippen molar-refractivity contribution in [1.29, 1.82) is 0 Å². The van der Waals surface area contributed by atoms with Crippen molar-refractivity contribution in [1.82, 2.24) is 10.2 Å². The maximum absolute atomic E-state index is 5.93. The molecule has 0 radical (unpaired) electrons. The predicted molar refractivity (Wildman–Crippen MR) is 74.8 cm³/mol. The summed E-state index contributed by atoms with van der Waals surface area (Å²) in [4.78, 5) is 0. The van der Waals surface area contributed by atoms with Crippen LogP contribution in [-0.4, -0.2) is 16.3 Å². The van der Waals surface area contributed by atoms with Gasteiger partial charge in [0.15, 0.2) is 0 Å². The summed E-state index contributed by atoms with van der Waals surface area (Å²) >= 11 is 0. The zero-order chi connectivity index (χ0) is 13.1. The summed E-state index contributed by atoms with van der Waals surface area (Å²) in [5, 5.41) is 7.92. The van der Waals surface area contributed by atoms with Crippen molar-refractivity contribution >= 4 is 5.82 Å². The number of hydrogen-bond acceptors (Lipinski definition) is 4. The van der Waals surface area contributed by atoms with Crippen molar-refractivity contribution in [3.05, 3.63) is 36.4 Å². The highest BCUT2D eigenvalue weighted by Crippen LogP contribution is 2.26. The van der Waals surface area contributed by atoms with Crippen LogP contribution in [0.25, 0.3) is 11.3 Å². The van der Waals surface area contributed by atoms with E-state index in [-0.39, 0.29) is 0 Å². The summed E-state index contributed by atoms with van der Waals surface area (Å²) in [5.41, 5.74) is 7.37. The number of hydrogen-bond donors (Lipinski definition) is 1. The highest BCUT2D eigenvalue weighted by Gasteiger charge is 2.16. The first-order valence-corrected chi connectivity index (χ1v) is 6.67. The van der Waals surface area contributed by atoms with E-state index in [0.717, 1.165) is 17.0 Å². The highest BCUT2D eigenvalue weighted by molar-refractivity contribution is 5.60. The first-order chi connectivity index (χ1) is 9.31. The minimum absolute atomic E-state index is 0.391. The Labute approximate surface area is 112 Å². The summed E-state index contributed by atoms with van der Waals surface area (Å²) in [7, 11) is 0. The van der Waals surface area contributed by atoms with Crippen molar-refractivity contribution in [2.24, 2.45) is 0 Å². The Kier molecular flexibility index (Phi) is 3.31. The van der Waals surface area contributed by atoms with E-state index in [1.54, 1.807) is 6.07 Å². The van der Waals surface area contributed by atoms with Gasteiger partial charge in [-0.15, -0.1) is 10.2 Å². The minimum atomic E-state index is 0.391. The first kappa shape index (κ1) is 12.0. The van der Waals surface area contributed by atoms with Crippen LogP contribution in [0, 0.1) is 0 Å². The number of anilines is 1. The Balaban J connectivity index is 1.72. The van der Waals surface area contributed by atoms with E-state index in [4.69, 9.17) is 10.5 Å². The quantitative estimate of drug-likeness (QED) is 0.915. The van der Waals surface area contributed by atoms with E-state index in [2.05, 4.69) is 10.2 Å². The van der Waals surface area contributed by atoms with Gasteiger partial charge in [0.05, 0.1) is 11.8 Å². The topological polar surface area (TPSA) is 61.0 Å². The fraction of sp³-hybridized carbons (Fsp3) is 0.333. The van der Waals surface area contributed by atoms with Crippen molar-refractivity contribution in [2.75, 3.05) is 5.73 Å². The molecule has 2 N–H and O–H groups in total. The monoisotopic (exact) mass is 255 g/mol. The molecule has 0 unspecified atom stereocenters. The highest BCUT2D eigenvalue weighted by atomic mass is 16.5. The lowest BCUT2D eigenvalue weighted by atomic mass is 10.1. The smallest absolute Gasteiger partial charge is 0.146 e. The van der Waals surface area contributed by atoms with E-state index < -0.39 is 0 Å². The van der Waals surface area contributed by atoms with Crippen molar-refractivity contribution in [3.8, 4) is 17.0 Å². The molecule has 4 nitrogen and oxygen atoms in total. The average molecular weight is 255 g/mol. The Morgan fingerprint density at radius 3 is 2.32 bits per heavy atom. The van der Waals surface area contributed by atoms with Crippen LogP contribution in [0.4, 0.5) is 5.82 Å². The van der Waals surface area contributed by atoms with E-state index in [1.165, 1.54) is 25.7 Å². The first-order valence-electron chi connectivity index (χ1n) is 6.67. The molecular formula is C15H17N3O. The molecule has 0 amide bonds. The third-order valence-electron chi connectivity index (χ3n) is 3.44. The summed E-state index contributed by atoms with van der Waals surface area (Å²) in [6, 6.07) is 11.6. The fourth-order valence-corrected chi connectivity index (χ4v) is 2.40. The molecular weight excluding hydrogens is 238 g/mol. The van der Waals surface area contributed by atoms with Gasteiger partial charge in [-0.3, -0.25) is 0 Å². The molecule has 0 aliphatic heterocycles. The molecule has 0 saturated heterocycles. The van der Waals surface area contributed by atoms with Gasteiger partial charge in [-0.25, -0.2) is 0 Å². The second-order valence-corrected chi connectivity index (χ2v) is 4.89. The summed E-state index contributed by atoms with van der Waals surface area (Å²) in [5.74, 6) is 1.36. The normalized spacial score (nSPS) is 15.6. The SMILES string of the molecule is Nc1ccc(-c2ccc(OC3CCCC3)cc2)nn1. The molecule has 1 aromatic carbocycles. The summed E-state index contributed by atoms with van der Waals surface area (Å²) in [6.07, 6.45) is 5.30. The Bertz CT molecular complexity index is 530. The van der Waals surface area contributed by atoms with Gasteiger partial charge in [0.25, 0.3) is 0 Å². The number of benzene rings is 1. The van der Waals surface area contributed by atoms with Crippen LogP contribution >= 0.6 is 0 Å². The summed E-state index contributed by atoms with van der Waals surface area (Å²) < 4.78 is 5.93. The van der Waals surface area contributed by atoms with Crippen LogP contribution in [0.3, 0.4) is 0 Å². The molecule has 1 aromatic heterocycles. The number of nitrogens with two attached hydrogens (primary N) is 1. The minimum Gasteiger partial charge on any atom is -0.490 e. The molecule has 0 spiro atoms. The maximum Gasteiger partial charge on any atom is 0.146 e. The molecule has 0 bridgehead atoms. The van der Waals surface area contributed by atoms with Crippen molar-refractivity contribution < 1.29 is 4.74 Å². The predicted octanol–water partition coefficient (Wildman–Crippen LogP) is 3.05. The van der Waals surface area contributed by atoms with E-state index in [9.17, 15) is 0 Å². The third kappa shape index (κ3) is 2.84. The van der Waals surface area contributed by atoms with Crippen LogP contribution < -0.4 is 10.5 Å². The number of rotatable bonds is 3. The Hall–Kier alpha value is -2.10. The third-order valence-corrected chi connectivity index (χ3v) is 3.44. The number of nitrogen functional groups attached to an aromatic ring is 1. The van der Waals surface area contributed by atoms with Crippen molar-refractivity contribution in [3.63, 3.8) is 0 Å². The molecule has 1 aliphatic carbocycles. The maximum atomic E-state index is 5.93. The van der Waals surface area contributed by atoms with Crippen LogP contribution in [-0.2, 0) is 0 Å². The molecule has 0 atom stereocenters. The molecule has 1 fully saturated rings. The molecule has 98 valence electrons. The van der Waals surface area contributed by atoms with E-state index >= 15 is 0 Å². The molecule has 19 heavy (non-hydrogen) atoms. The molecule has 1 saturated carbocycles. The van der Waals surface area contributed by atoms with Crippen molar-refractivity contribution in [2.45, 2.75) is 31.8 Å². The molecule has 4 heteroatoms. The van der Waals surface area contributed by atoms with Crippen LogP contribution in [0.5, 0.6) is 5.75 Å². The van der Waals surface area contributed by atoms with Crippen LogP contribution in [0.1, 0.15) is 25.7 Å². The number of nitrogens with zero attached hydrogens (tertiary/aromatic N) is 2. The van der Waals surface area contributed by atoms with E-state index in [0.29, 0.717) is 11.9 Å². The largest absolute Gasteiger partial charge is 0.490 e. The van der Waals surface area contributed by atoms with Gasteiger partial charge in [-0.2, -0.15) is 0 Å². The Morgan fingerprint density at radius 1 is 0.947 bits per heavy atom. The molecule has 1 heterocycles. The van der Waals surface area contributed by atoms with Crippen LogP contribution in [0.15, 0.2) is 36.4 Å². The van der Waals surface area contributed by atoms with Gasteiger partial charge >= 0.3 is 0 Å². The lowest BCUT2D eigenvalue weighted by molar-refractivity contribution is 0.210. The molecule has 3 rings (SSSR count). The van der Waals surface area contributed by atoms with Gasteiger partial charge in [0, 0.05) is 5.56 Å². The van der Waals surface area contributed by atoms with Gasteiger partial charge < -0.3 is 10.5 Å². The van der Waals surface area contributed by atoms with Gasteiger partial charge in [-0.05, 0) is 62.1 Å². The summed E-state index contributed by atoms with van der Waals surface area (Å²) in [6.45, 7) is 0. The fourth-order valence-electron chi connectivity index (χ4n) is 2.40. The molecule has 2 aromatic rings. The zero-order valence-electron chi connectivity index (χ0n) is 10.7. The zero-order valence-corrected chi connectivity index (χ0v) is 10.7. The standard InChI is InChI=1S/C15H17N3O/c16-15-10-9-14(17-18-15)11-5-7-13(8-6-11)19-12-3-1-2-4-12/h5-10,12H,1-4H2,(H2,16,18). The average Bonchev–Trinajstić information content (AvgIpc) is 2.94. The number of aromatic nitrogens is 2. The lowest BCUT2D eigenvalue weighted by Crippen LogP contribution is -2.10. The van der Waals surface area contributed by atoms with Gasteiger partial charge in [0.2, 0.25) is 0 Å². The molecule has 1 aliphatic rings. The Morgan fingerprint density at radius 2 is 1.68 bits per heavy atom. The lowest BCUT2D eigenvalue weighted by Gasteiger charge is -2.13. The van der Waals surface area contributed by atoms with E-state index in [1.807, 2.05) is 30.3 Å². The second kappa shape index (κ2) is 5.26. The second-order valence-electron chi connectivity index (χ2n) is 4.89. The van der Waals surface area contributed by atoms with Gasteiger partial charge in [-0.1, -0.05) is 0 Å². The van der Waals surface area contributed by atoms with Crippen LogP contribution in [0.2, 0.25) is 0 Å². The number of ether oxygens (including phenoxy) is 1. The van der Waals surface area contributed by atoms with Gasteiger partial charge in [0.1, 0.15) is 11.6 Å².